The first-order chi connectivity index (χ1) is 14.9. The van der Waals surface area contributed by atoms with Gasteiger partial charge in [0, 0.05) is 31.2 Å². The minimum atomic E-state index is -2.84. The molecule has 2 heterocycles. The number of rotatable bonds is 9. The number of hydrogen-bond acceptors (Lipinski definition) is 5. The maximum Gasteiger partial charge on any atom is 0.387 e. The summed E-state index contributed by atoms with van der Waals surface area (Å²) in [6, 6.07) is 8.19. The Balaban J connectivity index is 1.32. The molecule has 2 amide bonds. The molecule has 1 fully saturated rings. The molecule has 0 radical (unpaired) electrons. The lowest BCUT2D eigenvalue weighted by atomic mass is 10.0. The number of halogens is 2. The van der Waals surface area contributed by atoms with Crippen molar-refractivity contribution in [1.82, 2.24) is 15.5 Å². The number of piperidine rings is 1. The molecule has 0 aliphatic carbocycles. The van der Waals surface area contributed by atoms with Gasteiger partial charge in [0.25, 0.3) is 5.91 Å². The quantitative estimate of drug-likeness (QED) is 0.633. The van der Waals surface area contributed by atoms with E-state index in [1.54, 1.807) is 18.2 Å². The normalized spacial score (nSPS) is 15.1. The molecule has 9 heteroatoms. The number of alkyl halides is 2. The molecule has 1 saturated heterocycles. The summed E-state index contributed by atoms with van der Waals surface area (Å²) in [5, 5.41) is 5.87. The van der Waals surface area contributed by atoms with Crippen molar-refractivity contribution in [2.75, 3.05) is 26.2 Å². The van der Waals surface area contributed by atoms with Crippen LogP contribution >= 0.6 is 0 Å². The fourth-order valence-corrected chi connectivity index (χ4v) is 3.53. The third kappa shape index (κ3) is 7.06. The minimum absolute atomic E-state index is 0.0633. The van der Waals surface area contributed by atoms with Gasteiger partial charge in [-0.05, 0) is 49.9 Å². The van der Waals surface area contributed by atoms with Gasteiger partial charge in [0.2, 0.25) is 5.91 Å². The molecule has 0 spiro atoms. The van der Waals surface area contributed by atoms with Crippen LogP contribution in [0.15, 0.2) is 41.0 Å². The standard InChI is InChI=1S/C22H27F2N3O4/c1-15-9-13-30-20(15)21(29)26-17-7-11-27(12-8-17)14-19(28)25-10-6-16-2-4-18(5-3-16)31-22(23)24/h2-5,9,13,17,22H,6-8,10-12,14H2,1H3,(H,25,28)(H,26,29). The van der Waals surface area contributed by atoms with E-state index in [1.807, 2.05) is 6.92 Å². The molecule has 0 saturated carbocycles. The van der Waals surface area contributed by atoms with Gasteiger partial charge >= 0.3 is 6.61 Å². The Bertz CT molecular complexity index is 862. The largest absolute Gasteiger partial charge is 0.459 e. The lowest BCUT2D eigenvalue weighted by Crippen LogP contribution is -2.47. The van der Waals surface area contributed by atoms with Gasteiger partial charge in [-0.2, -0.15) is 8.78 Å². The van der Waals surface area contributed by atoms with Gasteiger partial charge in [-0.25, -0.2) is 0 Å². The molecule has 1 aromatic heterocycles. The Morgan fingerprint density at radius 3 is 2.52 bits per heavy atom. The van der Waals surface area contributed by atoms with Crippen molar-refractivity contribution in [3.05, 3.63) is 53.5 Å². The molecule has 2 aromatic rings. The first-order valence-corrected chi connectivity index (χ1v) is 10.3. The highest BCUT2D eigenvalue weighted by Gasteiger charge is 2.23. The van der Waals surface area contributed by atoms with Crippen LogP contribution in [0.3, 0.4) is 0 Å². The van der Waals surface area contributed by atoms with Crippen LogP contribution < -0.4 is 15.4 Å². The molecule has 31 heavy (non-hydrogen) atoms. The predicted molar refractivity (Wildman–Crippen MR) is 110 cm³/mol. The average Bonchev–Trinajstić information content (AvgIpc) is 3.16. The van der Waals surface area contributed by atoms with Gasteiger partial charge in [-0.15, -0.1) is 0 Å². The Hall–Kier alpha value is -2.94. The number of aryl methyl sites for hydroxylation is 1. The van der Waals surface area contributed by atoms with Crippen LogP contribution in [0.25, 0.3) is 0 Å². The molecule has 0 atom stereocenters. The zero-order chi connectivity index (χ0) is 22.2. The summed E-state index contributed by atoms with van der Waals surface area (Å²) in [4.78, 5) is 26.5. The topological polar surface area (TPSA) is 83.8 Å². The predicted octanol–water partition coefficient (Wildman–Crippen LogP) is 2.74. The van der Waals surface area contributed by atoms with E-state index in [0.29, 0.717) is 25.3 Å². The lowest BCUT2D eigenvalue weighted by molar-refractivity contribution is -0.122. The molecule has 3 rings (SSSR count). The van der Waals surface area contributed by atoms with Crippen LogP contribution in [-0.2, 0) is 11.2 Å². The summed E-state index contributed by atoms with van der Waals surface area (Å²) in [6.07, 6.45) is 3.64. The maximum absolute atomic E-state index is 12.2. The fourth-order valence-electron chi connectivity index (χ4n) is 3.53. The number of ether oxygens (including phenoxy) is 1. The van der Waals surface area contributed by atoms with Crippen LogP contribution in [0, 0.1) is 6.92 Å². The van der Waals surface area contributed by atoms with E-state index >= 15 is 0 Å². The van der Waals surface area contributed by atoms with E-state index in [-0.39, 0.29) is 23.6 Å². The SMILES string of the molecule is Cc1ccoc1C(=O)NC1CCN(CC(=O)NCCc2ccc(OC(F)F)cc2)CC1. The fraction of sp³-hybridized carbons (Fsp3) is 0.455. The molecule has 168 valence electrons. The van der Waals surface area contributed by atoms with E-state index in [2.05, 4.69) is 20.3 Å². The van der Waals surface area contributed by atoms with Crippen LogP contribution in [0.1, 0.15) is 34.5 Å². The van der Waals surface area contributed by atoms with Gasteiger partial charge in [-0.1, -0.05) is 12.1 Å². The smallest absolute Gasteiger partial charge is 0.387 e. The number of carbonyl (C=O) groups is 2. The van der Waals surface area contributed by atoms with Gasteiger partial charge in [0.05, 0.1) is 12.8 Å². The molecule has 1 aliphatic heterocycles. The summed E-state index contributed by atoms with van der Waals surface area (Å²) < 4.78 is 33.9. The first-order valence-electron chi connectivity index (χ1n) is 10.3. The number of amides is 2. The van der Waals surface area contributed by atoms with Crippen molar-refractivity contribution in [3.8, 4) is 5.75 Å². The number of furan rings is 1. The summed E-state index contributed by atoms with van der Waals surface area (Å²) in [7, 11) is 0. The van der Waals surface area contributed by atoms with Crippen LogP contribution in [0.2, 0.25) is 0 Å². The molecular weight excluding hydrogens is 408 g/mol. The van der Waals surface area contributed by atoms with Gasteiger partial charge in [0.15, 0.2) is 5.76 Å². The van der Waals surface area contributed by atoms with Crippen molar-refractivity contribution in [2.45, 2.75) is 38.8 Å². The second-order valence-corrected chi connectivity index (χ2v) is 7.58. The van der Waals surface area contributed by atoms with E-state index < -0.39 is 6.61 Å². The van der Waals surface area contributed by atoms with Crippen LogP contribution in [-0.4, -0.2) is 55.5 Å². The molecule has 1 aromatic carbocycles. The third-order valence-electron chi connectivity index (χ3n) is 5.24. The average molecular weight is 435 g/mol. The third-order valence-corrected chi connectivity index (χ3v) is 5.24. The Kier molecular flexibility index (Phi) is 8.00. The second-order valence-electron chi connectivity index (χ2n) is 7.58. The summed E-state index contributed by atoms with van der Waals surface area (Å²) >= 11 is 0. The summed E-state index contributed by atoms with van der Waals surface area (Å²) in [5.41, 5.74) is 1.73. The van der Waals surface area contributed by atoms with Crippen molar-refractivity contribution < 1.29 is 27.5 Å². The zero-order valence-electron chi connectivity index (χ0n) is 17.4. The zero-order valence-corrected chi connectivity index (χ0v) is 17.4. The van der Waals surface area contributed by atoms with Crippen molar-refractivity contribution in [1.29, 1.82) is 0 Å². The lowest BCUT2D eigenvalue weighted by Gasteiger charge is -2.31. The number of benzene rings is 1. The highest BCUT2D eigenvalue weighted by Crippen LogP contribution is 2.15. The van der Waals surface area contributed by atoms with Crippen molar-refractivity contribution in [2.24, 2.45) is 0 Å². The molecule has 0 bridgehead atoms. The molecule has 0 unspecified atom stereocenters. The number of nitrogens with zero attached hydrogens (tertiary/aromatic N) is 1. The van der Waals surface area contributed by atoms with Gasteiger partial charge in [-0.3, -0.25) is 14.5 Å². The Labute approximate surface area is 179 Å². The number of nitrogens with one attached hydrogen (secondary N) is 2. The number of likely N-dealkylation sites (tertiary alicyclic amines) is 1. The summed E-state index contributed by atoms with van der Waals surface area (Å²) in [6.45, 7) is 1.20. The minimum Gasteiger partial charge on any atom is -0.459 e. The highest BCUT2D eigenvalue weighted by atomic mass is 19.3. The van der Waals surface area contributed by atoms with Crippen molar-refractivity contribution >= 4 is 11.8 Å². The van der Waals surface area contributed by atoms with E-state index in [9.17, 15) is 18.4 Å². The van der Waals surface area contributed by atoms with Gasteiger partial charge in [0.1, 0.15) is 5.75 Å². The van der Waals surface area contributed by atoms with Crippen LogP contribution in [0.5, 0.6) is 5.75 Å². The van der Waals surface area contributed by atoms with Gasteiger partial charge < -0.3 is 19.8 Å². The molecule has 1 aliphatic rings. The number of hydrogen-bond donors (Lipinski definition) is 2. The van der Waals surface area contributed by atoms with E-state index in [4.69, 9.17) is 4.42 Å². The van der Waals surface area contributed by atoms with Crippen LogP contribution in [0.4, 0.5) is 8.78 Å². The Morgan fingerprint density at radius 2 is 1.90 bits per heavy atom. The first kappa shape index (κ1) is 22.7. The maximum atomic E-state index is 12.2. The van der Waals surface area contributed by atoms with Crippen molar-refractivity contribution in [3.63, 3.8) is 0 Å². The summed E-state index contributed by atoms with van der Waals surface area (Å²) in [5.74, 6) is 0.193. The monoisotopic (exact) mass is 435 g/mol. The Morgan fingerprint density at radius 1 is 1.19 bits per heavy atom. The highest BCUT2D eigenvalue weighted by molar-refractivity contribution is 5.93. The second kappa shape index (κ2) is 10.9. The molecule has 7 nitrogen and oxygen atoms in total. The number of carbonyl (C=O) groups excluding carboxylic acids is 2. The molecule has 2 N–H and O–H groups in total. The molecular formula is C22H27F2N3O4. The van der Waals surface area contributed by atoms with E-state index in [0.717, 1.165) is 37.1 Å². The van der Waals surface area contributed by atoms with E-state index in [1.165, 1.54) is 18.4 Å².